The average molecular weight is 338 g/mol. The SMILES string of the molecule is CC(C)[C@@H](C)Nc1ccc(Cl)c(C(=O)N[C@@H]2CCN(C)C2=O)c1. The Labute approximate surface area is 142 Å². The van der Waals surface area contributed by atoms with E-state index in [1.165, 1.54) is 0 Å². The van der Waals surface area contributed by atoms with E-state index in [9.17, 15) is 9.59 Å². The van der Waals surface area contributed by atoms with Crippen molar-refractivity contribution in [2.75, 3.05) is 18.9 Å². The molecule has 1 heterocycles. The monoisotopic (exact) mass is 337 g/mol. The number of benzene rings is 1. The van der Waals surface area contributed by atoms with Gasteiger partial charge in [-0.3, -0.25) is 9.59 Å². The molecule has 2 rings (SSSR count). The highest BCUT2D eigenvalue weighted by atomic mass is 35.5. The molecule has 1 aliphatic rings. The Morgan fingerprint density at radius 1 is 1.35 bits per heavy atom. The van der Waals surface area contributed by atoms with Crippen molar-refractivity contribution in [1.82, 2.24) is 10.2 Å². The lowest BCUT2D eigenvalue weighted by Gasteiger charge is -2.20. The number of nitrogens with zero attached hydrogens (tertiary/aromatic N) is 1. The molecule has 2 atom stereocenters. The molecule has 0 aliphatic carbocycles. The predicted molar refractivity (Wildman–Crippen MR) is 92.9 cm³/mol. The lowest BCUT2D eigenvalue weighted by Crippen LogP contribution is -2.40. The van der Waals surface area contributed by atoms with Gasteiger partial charge in [-0.25, -0.2) is 0 Å². The molecule has 1 aromatic rings. The van der Waals surface area contributed by atoms with E-state index in [-0.39, 0.29) is 17.9 Å². The van der Waals surface area contributed by atoms with Gasteiger partial charge < -0.3 is 15.5 Å². The van der Waals surface area contributed by atoms with Crippen LogP contribution in [-0.2, 0) is 4.79 Å². The third kappa shape index (κ3) is 4.16. The molecule has 5 nitrogen and oxygen atoms in total. The first-order chi connectivity index (χ1) is 10.8. The van der Waals surface area contributed by atoms with Gasteiger partial charge in [0, 0.05) is 25.3 Å². The Balaban J connectivity index is 2.12. The second-order valence-electron chi connectivity index (χ2n) is 6.45. The topological polar surface area (TPSA) is 61.4 Å². The summed E-state index contributed by atoms with van der Waals surface area (Å²) in [7, 11) is 1.74. The number of anilines is 1. The van der Waals surface area contributed by atoms with Gasteiger partial charge in [0.25, 0.3) is 5.91 Å². The molecular formula is C17H24ClN3O2. The molecular weight excluding hydrogens is 314 g/mol. The quantitative estimate of drug-likeness (QED) is 0.868. The number of carbonyl (C=O) groups is 2. The second kappa shape index (κ2) is 7.21. The number of likely N-dealkylation sites (tertiary alicyclic amines) is 1. The number of rotatable bonds is 5. The van der Waals surface area contributed by atoms with E-state index in [2.05, 4.69) is 31.4 Å². The average Bonchev–Trinajstić information content (AvgIpc) is 2.81. The molecule has 0 saturated carbocycles. The molecule has 0 aromatic heterocycles. The van der Waals surface area contributed by atoms with Crippen molar-refractivity contribution in [3.05, 3.63) is 28.8 Å². The summed E-state index contributed by atoms with van der Waals surface area (Å²) in [5.41, 5.74) is 1.23. The minimum atomic E-state index is -0.463. The van der Waals surface area contributed by atoms with Crippen LogP contribution < -0.4 is 10.6 Å². The lowest BCUT2D eigenvalue weighted by atomic mass is 10.1. The van der Waals surface area contributed by atoms with Gasteiger partial charge in [-0.05, 0) is 37.5 Å². The molecule has 126 valence electrons. The van der Waals surface area contributed by atoms with Crippen LogP contribution in [0.1, 0.15) is 37.6 Å². The van der Waals surface area contributed by atoms with Crippen molar-refractivity contribution in [2.24, 2.45) is 5.92 Å². The minimum Gasteiger partial charge on any atom is -0.382 e. The Kier molecular flexibility index (Phi) is 5.52. The van der Waals surface area contributed by atoms with Crippen molar-refractivity contribution < 1.29 is 9.59 Å². The maximum atomic E-state index is 12.5. The Morgan fingerprint density at radius 2 is 2.04 bits per heavy atom. The molecule has 0 bridgehead atoms. The smallest absolute Gasteiger partial charge is 0.253 e. The van der Waals surface area contributed by atoms with E-state index in [1.807, 2.05) is 6.07 Å². The number of likely N-dealkylation sites (N-methyl/N-ethyl adjacent to an activating group) is 1. The number of nitrogens with one attached hydrogen (secondary N) is 2. The fourth-order valence-corrected chi connectivity index (χ4v) is 2.61. The highest BCUT2D eigenvalue weighted by Gasteiger charge is 2.30. The zero-order chi connectivity index (χ0) is 17.1. The molecule has 1 aliphatic heterocycles. The van der Waals surface area contributed by atoms with Crippen molar-refractivity contribution in [1.29, 1.82) is 0 Å². The summed E-state index contributed by atoms with van der Waals surface area (Å²) >= 11 is 6.16. The first-order valence-electron chi connectivity index (χ1n) is 7.91. The molecule has 0 unspecified atom stereocenters. The predicted octanol–water partition coefficient (Wildman–Crippen LogP) is 2.76. The highest BCUT2D eigenvalue weighted by molar-refractivity contribution is 6.34. The zero-order valence-corrected chi connectivity index (χ0v) is 14.8. The molecule has 1 fully saturated rings. The first-order valence-corrected chi connectivity index (χ1v) is 8.29. The van der Waals surface area contributed by atoms with Gasteiger partial charge in [-0.1, -0.05) is 25.4 Å². The molecule has 0 radical (unpaired) electrons. The fourth-order valence-electron chi connectivity index (χ4n) is 2.41. The Hall–Kier alpha value is -1.75. The zero-order valence-electron chi connectivity index (χ0n) is 14.0. The van der Waals surface area contributed by atoms with Gasteiger partial charge in [0.15, 0.2) is 0 Å². The maximum Gasteiger partial charge on any atom is 0.253 e. The van der Waals surface area contributed by atoms with Crippen LogP contribution in [0.3, 0.4) is 0 Å². The number of hydrogen-bond acceptors (Lipinski definition) is 3. The summed E-state index contributed by atoms with van der Waals surface area (Å²) in [5.74, 6) is 0.0938. The normalized spacial score (nSPS) is 19.1. The fraction of sp³-hybridized carbons (Fsp3) is 0.529. The van der Waals surface area contributed by atoms with E-state index in [1.54, 1.807) is 24.1 Å². The van der Waals surface area contributed by atoms with Gasteiger partial charge in [0.2, 0.25) is 5.91 Å². The summed E-state index contributed by atoms with van der Waals surface area (Å²) in [5, 5.41) is 6.52. The van der Waals surface area contributed by atoms with E-state index >= 15 is 0 Å². The standard InChI is InChI=1S/C17H24ClN3O2/c1-10(2)11(3)19-12-5-6-14(18)13(9-12)16(22)20-15-7-8-21(4)17(15)23/h5-6,9-11,15,19H,7-8H2,1-4H3,(H,20,22)/t11-,15-/m1/s1. The van der Waals surface area contributed by atoms with Crippen LogP contribution in [0, 0.1) is 5.92 Å². The summed E-state index contributed by atoms with van der Waals surface area (Å²) in [6.07, 6.45) is 0.626. The largest absolute Gasteiger partial charge is 0.382 e. The third-order valence-corrected chi connectivity index (χ3v) is 4.67. The van der Waals surface area contributed by atoms with Crippen molar-refractivity contribution in [3.63, 3.8) is 0 Å². The number of carbonyl (C=O) groups excluding carboxylic acids is 2. The van der Waals surface area contributed by atoms with Crippen LogP contribution in [0.25, 0.3) is 0 Å². The van der Waals surface area contributed by atoms with Gasteiger partial charge in [-0.2, -0.15) is 0 Å². The maximum absolute atomic E-state index is 12.5. The van der Waals surface area contributed by atoms with E-state index < -0.39 is 6.04 Å². The van der Waals surface area contributed by atoms with Crippen LogP contribution in [0.2, 0.25) is 5.02 Å². The summed E-state index contributed by atoms with van der Waals surface area (Å²) in [6.45, 7) is 7.00. The Bertz CT molecular complexity index is 604. The van der Waals surface area contributed by atoms with Crippen molar-refractivity contribution >= 4 is 29.1 Å². The summed E-state index contributed by atoms with van der Waals surface area (Å²) < 4.78 is 0. The summed E-state index contributed by atoms with van der Waals surface area (Å²) in [4.78, 5) is 26.0. The third-order valence-electron chi connectivity index (χ3n) is 4.34. The summed E-state index contributed by atoms with van der Waals surface area (Å²) in [6, 6.07) is 5.10. The Morgan fingerprint density at radius 3 is 2.61 bits per heavy atom. The van der Waals surface area contributed by atoms with Crippen LogP contribution in [-0.4, -0.2) is 42.4 Å². The van der Waals surface area contributed by atoms with Crippen molar-refractivity contribution in [2.45, 2.75) is 39.3 Å². The van der Waals surface area contributed by atoms with Gasteiger partial charge in [-0.15, -0.1) is 0 Å². The van der Waals surface area contributed by atoms with Gasteiger partial charge in [0.1, 0.15) is 6.04 Å². The van der Waals surface area contributed by atoms with Gasteiger partial charge in [0.05, 0.1) is 10.6 Å². The number of amides is 2. The van der Waals surface area contributed by atoms with E-state index in [4.69, 9.17) is 11.6 Å². The van der Waals surface area contributed by atoms with E-state index in [0.717, 1.165) is 5.69 Å². The minimum absolute atomic E-state index is 0.0582. The van der Waals surface area contributed by atoms with Gasteiger partial charge >= 0.3 is 0 Å². The molecule has 2 amide bonds. The van der Waals surface area contributed by atoms with Crippen LogP contribution in [0.5, 0.6) is 0 Å². The molecule has 6 heteroatoms. The van der Waals surface area contributed by atoms with E-state index in [0.29, 0.717) is 29.5 Å². The second-order valence-corrected chi connectivity index (χ2v) is 6.85. The molecule has 23 heavy (non-hydrogen) atoms. The van der Waals surface area contributed by atoms with Crippen LogP contribution >= 0.6 is 11.6 Å². The lowest BCUT2D eigenvalue weighted by molar-refractivity contribution is -0.128. The highest BCUT2D eigenvalue weighted by Crippen LogP contribution is 2.22. The van der Waals surface area contributed by atoms with Crippen LogP contribution in [0.15, 0.2) is 18.2 Å². The van der Waals surface area contributed by atoms with Crippen molar-refractivity contribution in [3.8, 4) is 0 Å². The molecule has 1 saturated heterocycles. The molecule has 0 spiro atoms. The number of hydrogen-bond donors (Lipinski definition) is 2. The van der Waals surface area contributed by atoms with Crippen LogP contribution in [0.4, 0.5) is 5.69 Å². The number of halogens is 1. The molecule has 1 aromatic carbocycles. The first kappa shape index (κ1) is 17.6. The molecule has 2 N–H and O–H groups in total.